The third-order valence-corrected chi connectivity index (χ3v) is 2.18. The van der Waals surface area contributed by atoms with Gasteiger partial charge in [-0.05, 0) is 31.5 Å². The van der Waals surface area contributed by atoms with E-state index in [1.807, 2.05) is 32.9 Å². The van der Waals surface area contributed by atoms with E-state index >= 15 is 0 Å². The monoisotopic (exact) mass is 192 g/mol. The summed E-state index contributed by atoms with van der Waals surface area (Å²) in [4.78, 5) is 15.2. The molecule has 0 aliphatic carbocycles. The molecule has 0 radical (unpaired) electrons. The number of aromatic nitrogens is 1. The number of amides is 1. The Hall–Kier alpha value is -1.38. The lowest BCUT2D eigenvalue weighted by molar-refractivity contribution is -0.122. The zero-order chi connectivity index (χ0) is 10.6. The predicted molar refractivity (Wildman–Crippen MR) is 55.7 cm³/mol. The SMILES string of the molecule is CCC(=O)NC(C)(C)c1ccncc1. The fourth-order valence-corrected chi connectivity index (χ4v) is 1.28. The number of hydrogen-bond acceptors (Lipinski definition) is 2. The van der Waals surface area contributed by atoms with Crippen molar-refractivity contribution >= 4 is 5.91 Å². The topological polar surface area (TPSA) is 42.0 Å². The molecule has 0 unspecified atom stereocenters. The summed E-state index contributed by atoms with van der Waals surface area (Å²) in [5, 5.41) is 2.96. The van der Waals surface area contributed by atoms with E-state index in [1.165, 1.54) is 0 Å². The standard InChI is InChI=1S/C11H16N2O/c1-4-10(14)13-11(2,3)9-5-7-12-8-6-9/h5-8H,4H2,1-3H3,(H,13,14). The van der Waals surface area contributed by atoms with E-state index in [-0.39, 0.29) is 11.4 Å². The van der Waals surface area contributed by atoms with Crippen LogP contribution in [0.15, 0.2) is 24.5 Å². The molecule has 0 saturated heterocycles. The van der Waals surface area contributed by atoms with Crippen LogP contribution in [0.3, 0.4) is 0 Å². The van der Waals surface area contributed by atoms with Crippen molar-refractivity contribution in [2.75, 3.05) is 0 Å². The number of carbonyl (C=O) groups is 1. The van der Waals surface area contributed by atoms with Crippen molar-refractivity contribution in [3.8, 4) is 0 Å². The Morgan fingerprint density at radius 2 is 2.00 bits per heavy atom. The number of carbonyl (C=O) groups excluding carboxylic acids is 1. The molecule has 0 bridgehead atoms. The molecule has 1 rings (SSSR count). The van der Waals surface area contributed by atoms with Gasteiger partial charge < -0.3 is 5.32 Å². The van der Waals surface area contributed by atoms with Crippen LogP contribution in [-0.4, -0.2) is 10.9 Å². The predicted octanol–water partition coefficient (Wildman–Crippen LogP) is 1.84. The molecule has 3 heteroatoms. The molecule has 3 nitrogen and oxygen atoms in total. The highest BCUT2D eigenvalue weighted by atomic mass is 16.1. The highest BCUT2D eigenvalue weighted by molar-refractivity contribution is 5.76. The Bertz CT molecular complexity index is 306. The first kappa shape index (κ1) is 10.7. The quantitative estimate of drug-likeness (QED) is 0.794. The summed E-state index contributed by atoms with van der Waals surface area (Å²) in [5.74, 6) is 0.0619. The molecule has 1 heterocycles. The third-order valence-electron chi connectivity index (χ3n) is 2.18. The minimum Gasteiger partial charge on any atom is -0.347 e. The summed E-state index contributed by atoms with van der Waals surface area (Å²) in [6.45, 7) is 5.81. The van der Waals surface area contributed by atoms with Gasteiger partial charge in [-0.2, -0.15) is 0 Å². The van der Waals surface area contributed by atoms with Gasteiger partial charge in [0.05, 0.1) is 5.54 Å². The highest BCUT2D eigenvalue weighted by Gasteiger charge is 2.21. The molecular weight excluding hydrogens is 176 g/mol. The Morgan fingerprint density at radius 3 is 2.50 bits per heavy atom. The van der Waals surface area contributed by atoms with Gasteiger partial charge in [0.1, 0.15) is 0 Å². The maximum Gasteiger partial charge on any atom is 0.220 e. The van der Waals surface area contributed by atoms with Crippen LogP contribution in [0.5, 0.6) is 0 Å². The molecule has 0 aliphatic rings. The van der Waals surface area contributed by atoms with Crippen molar-refractivity contribution in [2.45, 2.75) is 32.7 Å². The molecule has 0 aliphatic heterocycles. The molecule has 0 aromatic carbocycles. The molecule has 0 fully saturated rings. The van der Waals surface area contributed by atoms with Gasteiger partial charge in [-0.1, -0.05) is 6.92 Å². The third kappa shape index (κ3) is 2.55. The zero-order valence-corrected chi connectivity index (χ0v) is 8.87. The maximum absolute atomic E-state index is 11.3. The van der Waals surface area contributed by atoms with E-state index in [0.29, 0.717) is 6.42 Å². The lowest BCUT2D eigenvalue weighted by Crippen LogP contribution is -2.40. The van der Waals surface area contributed by atoms with E-state index in [2.05, 4.69) is 10.3 Å². The van der Waals surface area contributed by atoms with Gasteiger partial charge in [0.2, 0.25) is 5.91 Å². The van der Waals surface area contributed by atoms with Crippen LogP contribution in [-0.2, 0) is 10.3 Å². The van der Waals surface area contributed by atoms with Crippen molar-refractivity contribution < 1.29 is 4.79 Å². The summed E-state index contributed by atoms with van der Waals surface area (Å²) in [5.41, 5.74) is 0.741. The zero-order valence-electron chi connectivity index (χ0n) is 8.87. The molecule has 1 aromatic heterocycles. The number of rotatable bonds is 3. The largest absolute Gasteiger partial charge is 0.347 e. The fourth-order valence-electron chi connectivity index (χ4n) is 1.28. The molecular formula is C11H16N2O. The number of nitrogens with zero attached hydrogens (tertiary/aromatic N) is 1. The van der Waals surface area contributed by atoms with Crippen LogP contribution < -0.4 is 5.32 Å². The van der Waals surface area contributed by atoms with Crippen molar-refractivity contribution in [2.24, 2.45) is 0 Å². The van der Waals surface area contributed by atoms with Gasteiger partial charge in [-0.25, -0.2) is 0 Å². The minimum atomic E-state index is -0.323. The van der Waals surface area contributed by atoms with Gasteiger partial charge in [0.15, 0.2) is 0 Å². The molecule has 76 valence electrons. The first-order valence-corrected chi connectivity index (χ1v) is 4.78. The Morgan fingerprint density at radius 1 is 1.43 bits per heavy atom. The second-order valence-corrected chi connectivity index (χ2v) is 3.76. The highest BCUT2D eigenvalue weighted by Crippen LogP contribution is 2.18. The molecule has 1 amide bonds. The van der Waals surface area contributed by atoms with Gasteiger partial charge >= 0.3 is 0 Å². The van der Waals surface area contributed by atoms with Crippen molar-refractivity contribution in [1.82, 2.24) is 10.3 Å². The van der Waals surface area contributed by atoms with Gasteiger partial charge in [-0.3, -0.25) is 9.78 Å². The first-order chi connectivity index (χ1) is 6.56. The van der Waals surface area contributed by atoms with Crippen LogP contribution in [0.1, 0.15) is 32.8 Å². The average molecular weight is 192 g/mol. The Balaban J connectivity index is 2.80. The van der Waals surface area contributed by atoms with Crippen molar-refractivity contribution in [1.29, 1.82) is 0 Å². The number of pyridine rings is 1. The van der Waals surface area contributed by atoms with Crippen LogP contribution in [0, 0.1) is 0 Å². The Kier molecular flexibility index (Phi) is 3.23. The lowest BCUT2D eigenvalue weighted by Gasteiger charge is -2.26. The summed E-state index contributed by atoms with van der Waals surface area (Å²) in [6.07, 6.45) is 3.97. The van der Waals surface area contributed by atoms with E-state index < -0.39 is 0 Å². The summed E-state index contributed by atoms with van der Waals surface area (Å²) >= 11 is 0. The van der Waals surface area contributed by atoms with E-state index in [0.717, 1.165) is 5.56 Å². The van der Waals surface area contributed by atoms with E-state index in [1.54, 1.807) is 12.4 Å². The molecule has 14 heavy (non-hydrogen) atoms. The second kappa shape index (κ2) is 4.22. The maximum atomic E-state index is 11.3. The number of hydrogen-bond donors (Lipinski definition) is 1. The lowest BCUT2D eigenvalue weighted by atomic mass is 9.95. The normalized spacial score (nSPS) is 11.1. The van der Waals surface area contributed by atoms with Crippen LogP contribution in [0.4, 0.5) is 0 Å². The van der Waals surface area contributed by atoms with Gasteiger partial charge in [-0.15, -0.1) is 0 Å². The van der Waals surface area contributed by atoms with Crippen LogP contribution >= 0.6 is 0 Å². The first-order valence-electron chi connectivity index (χ1n) is 4.78. The fraction of sp³-hybridized carbons (Fsp3) is 0.455. The van der Waals surface area contributed by atoms with E-state index in [4.69, 9.17) is 0 Å². The molecule has 1 N–H and O–H groups in total. The minimum absolute atomic E-state index is 0.0619. The van der Waals surface area contributed by atoms with Crippen molar-refractivity contribution in [3.63, 3.8) is 0 Å². The molecule has 1 aromatic rings. The van der Waals surface area contributed by atoms with Gasteiger partial charge in [0, 0.05) is 18.8 Å². The summed E-state index contributed by atoms with van der Waals surface area (Å²) in [6, 6.07) is 3.83. The summed E-state index contributed by atoms with van der Waals surface area (Å²) in [7, 11) is 0. The summed E-state index contributed by atoms with van der Waals surface area (Å²) < 4.78 is 0. The molecule has 0 spiro atoms. The molecule has 0 atom stereocenters. The second-order valence-electron chi connectivity index (χ2n) is 3.76. The van der Waals surface area contributed by atoms with Crippen LogP contribution in [0.25, 0.3) is 0 Å². The van der Waals surface area contributed by atoms with Crippen molar-refractivity contribution in [3.05, 3.63) is 30.1 Å². The Labute approximate surface area is 84.6 Å². The average Bonchev–Trinajstić information content (AvgIpc) is 2.18. The smallest absolute Gasteiger partial charge is 0.220 e. The van der Waals surface area contributed by atoms with E-state index in [9.17, 15) is 4.79 Å². The van der Waals surface area contributed by atoms with Crippen LogP contribution in [0.2, 0.25) is 0 Å². The molecule has 0 saturated carbocycles. The van der Waals surface area contributed by atoms with Gasteiger partial charge in [0.25, 0.3) is 0 Å². The number of nitrogens with one attached hydrogen (secondary N) is 1.